The normalized spacial score (nSPS) is 12.8. The van der Waals surface area contributed by atoms with Crippen LogP contribution in [0.5, 0.6) is 0 Å². The first kappa shape index (κ1) is 21.3. The van der Waals surface area contributed by atoms with E-state index in [2.05, 4.69) is 25.3 Å². The quantitative estimate of drug-likeness (QED) is 0.262. The molecule has 16 heavy (non-hydrogen) atoms. The number of hydrogen-bond acceptors (Lipinski definition) is 7. The summed E-state index contributed by atoms with van der Waals surface area (Å²) >= 11 is 6.92. The van der Waals surface area contributed by atoms with Crippen LogP contribution in [0.4, 0.5) is 0 Å². The Bertz CT molecular complexity index is 143. The first-order valence-electron chi connectivity index (χ1n) is 4.35. The molecule has 100 valence electrons. The summed E-state index contributed by atoms with van der Waals surface area (Å²) in [5, 5.41) is 39.8. The summed E-state index contributed by atoms with van der Waals surface area (Å²) in [4.78, 5) is 9.55. The largest absolute Gasteiger partial charge is 0.480 e. The Morgan fingerprint density at radius 3 is 1.19 bits per heavy atom. The second-order valence-electron chi connectivity index (χ2n) is 2.78. The zero-order valence-electron chi connectivity index (χ0n) is 9.19. The summed E-state index contributed by atoms with van der Waals surface area (Å²) in [5.41, 5.74) is 0. The molecule has 0 saturated carbocycles. The SMILES string of the molecule is CC(O)CO.CC(O)CO.O=C(O)C(S)S. The molecule has 0 aliphatic rings. The molecule has 0 aliphatic carbocycles. The third-order valence-corrected chi connectivity index (χ3v) is 1.19. The van der Waals surface area contributed by atoms with E-state index in [1.54, 1.807) is 0 Å². The predicted molar refractivity (Wildman–Crippen MR) is 66.9 cm³/mol. The van der Waals surface area contributed by atoms with Gasteiger partial charge in [0.25, 0.3) is 0 Å². The maximum atomic E-state index is 9.55. The fraction of sp³-hybridized carbons (Fsp3) is 0.875. The maximum Gasteiger partial charge on any atom is 0.326 e. The van der Waals surface area contributed by atoms with Crippen LogP contribution in [0, 0.1) is 0 Å². The fourth-order valence-corrected chi connectivity index (χ4v) is 0. The van der Waals surface area contributed by atoms with Gasteiger partial charge >= 0.3 is 5.97 Å². The minimum Gasteiger partial charge on any atom is -0.480 e. The smallest absolute Gasteiger partial charge is 0.326 e. The highest BCUT2D eigenvalue weighted by molar-refractivity contribution is 8.00. The lowest BCUT2D eigenvalue weighted by molar-refractivity contribution is -0.134. The number of rotatable bonds is 3. The number of carbonyl (C=O) groups is 1. The van der Waals surface area contributed by atoms with Gasteiger partial charge in [-0.25, -0.2) is 0 Å². The van der Waals surface area contributed by atoms with Gasteiger partial charge in [0.1, 0.15) is 4.58 Å². The monoisotopic (exact) mass is 276 g/mol. The third-order valence-electron chi connectivity index (χ3n) is 0.749. The van der Waals surface area contributed by atoms with Gasteiger partial charge in [0.2, 0.25) is 0 Å². The van der Waals surface area contributed by atoms with Crippen molar-refractivity contribution in [2.75, 3.05) is 13.2 Å². The van der Waals surface area contributed by atoms with Gasteiger partial charge in [0.05, 0.1) is 25.4 Å². The molecule has 0 radical (unpaired) electrons. The molecule has 0 aromatic carbocycles. The molecule has 0 aromatic rings. The molecular weight excluding hydrogens is 256 g/mol. The molecule has 0 aromatic heterocycles. The molecule has 0 rings (SSSR count). The lowest BCUT2D eigenvalue weighted by atomic mass is 10.5. The molecule has 2 unspecified atom stereocenters. The van der Waals surface area contributed by atoms with E-state index in [4.69, 9.17) is 25.5 Å². The highest BCUT2D eigenvalue weighted by Gasteiger charge is 2.01. The Hall–Kier alpha value is 0.0100. The van der Waals surface area contributed by atoms with Crippen LogP contribution in [-0.4, -0.2) is 61.5 Å². The van der Waals surface area contributed by atoms with Crippen molar-refractivity contribution in [3.8, 4) is 0 Å². The van der Waals surface area contributed by atoms with Crippen LogP contribution < -0.4 is 0 Å². The van der Waals surface area contributed by atoms with Gasteiger partial charge in [-0.15, -0.1) is 0 Å². The number of thiol groups is 2. The topological polar surface area (TPSA) is 118 Å². The van der Waals surface area contributed by atoms with Crippen molar-refractivity contribution >= 4 is 31.2 Å². The minimum atomic E-state index is -1.01. The highest BCUT2D eigenvalue weighted by atomic mass is 32.2. The summed E-state index contributed by atoms with van der Waals surface area (Å²) in [6.07, 6.45) is -1.12. The van der Waals surface area contributed by atoms with Gasteiger partial charge in [0.15, 0.2) is 0 Å². The summed E-state index contributed by atoms with van der Waals surface area (Å²) in [7, 11) is 0. The lowest BCUT2D eigenvalue weighted by Crippen LogP contribution is -2.04. The van der Waals surface area contributed by atoms with Gasteiger partial charge in [-0.05, 0) is 13.8 Å². The van der Waals surface area contributed by atoms with Crippen molar-refractivity contribution < 1.29 is 30.3 Å². The number of aliphatic carboxylic acids is 1. The van der Waals surface area contributed by atoms with Crippen LogP contribution in [0.2, 0.25) is 0 Å². The second kappa shape index (κ2) is 15.0. The maximum absolute atomic E-state index is 9.55. The molecule has 2 atom stereocenters. The third kappa shape index (κ3) is 37.0. The van der Waals surface area contributed by atoms with Crippen molar-refractivity contribution in [1.29, 1.82) is 0 Å². The molecule has 6 nitrogen and oxygen atoms in total. The number of carboxylic acid groups (broad SMARTS) is 1. The zero-order chi connectivity index (χ0) is 13.7. The van der Waals surface area contributed by atoms with Gasteiger partial charge in [0, 0.05) is 0 Å². The molecule has 0 spiro atoms. The molecular formula is C8H20O6S2. The van der Waals surface area contributed by atoms with Crippen LogP contribution >= 0.6 is 25.3 Å². The zero-order valence-corrected chi connectivity index (χ0v) is 11.0. The summed E-state index contributed by atoms with van der Waals surface area (Å²) < 4.78 is -0.843. The first-order chi connectivity index (χ1) is 7.18. The standard InChI is InChI=1S/2C3H8O2.C2H4O2S2/c2*1-3(5)2-4;3-1(4)2(5)6/h2*3-5H,2H2,1H3;2,5-6H,(H,3,4). The van der Waals surface area contributed by atoms with Crippen molar-refractivity contribution in [2.24, 2.45) is 0 Å². The van der Waals surface area contributed by atoms with Crippen molar-refractivity contribution in [3.05, 3.63) is 0 Å². The summed E-state index contributed by atoms with van der Waals surface area (Å²) in [6, 6.07) is 0. The van der Waals surface area contributed by atoms with Gasteiger partial charge in [-0.1, -0.05) is 0 Å². The Morgan fingerprint density at radius 1 is 1.06 bits per heavy atom. The molecule has 0 saturated heterocycles. The Kier molecular flexibility index (Phi) is 20.0. The van der Waals surface area contributed by atoms with E-state index >= 15 is 0 Å². The Labute approximate surface area is 106 Å². The molecule has 0 heterocycles. The molecule has 0 amide bonds. The van der Waals surface area contributed by atoms with Crippen LogP contribution in [0.15, 0.2) is 0 Å². The first-order valence-corrected chi connectivity index (χ1v) is 5.39. The molecule has 0 bridgehead atoms. The van der Waals surface area contributed by atoms with E-state index in [9.17, 15) is 4.79 Å². The van der Waals surface area contributed by atoms with Crippen molar-refractivity contribution in [1.82, 2.24) is 0 Å². The number of aliphatic hydroxyl groups is 4. The number of aliphatic hydroxyl groups excluding tert-OH is 4. The number of carboxylic acids is 1. The van der Waals surface area contributed by atoms with E-state index < -0.39 is 22.8 Å². The Balaban J connectivity index is -0.000000160. The van der Waals surface area contributed by atoms with Gasteiger partial charge in [-0.3, -0.25) is 4.79 Å². The van der Waals surface area contributed by atoms with E-state index in [0.29, 0.717) is 0 Å². The van der Waals surface area contributed by atoms with E-state index in [0.717, 1.165) is 0 Å². The van der Waals surface area contributed by atoms with Crippen LogP contribution in [0.1, 0.15) is 13.8 Å². The van der Waals surface area contributed by atoms with Crippen molar-refractivity contribution in [3.63, 3.8) is 0 Å². The molecule has 0 aliphatic heterocycles. The fourth-order valence-electron chi connectivity index (χ4n) is 0. The predicted octanol–water partition coefficient (Wildman–Crippen LogP) is -1.02. The molecule has 0 fully saturated rings. The van der Waals surface area contributed by atoms with Crippen LogP contribution in [0.25, 0.3) is 0 Å². The average Bonchev–Trinajstić information content (AvgIpc) is 2.19. The minimum absolute atomic E-state index is 0.139. The number of hydrogen-bond donors (Lipinski definition) is 7. The van der Waals surface area contributed by atoms with Crippen LogP contribution in [0.3, 0.4) is 0 Å². The summed E-state index contributed by atoms with van der Waals surface area (Å²) in [6.45, 7) is 2.78. The Morgan fingerprint density at radius 2 is 1.19 bits per heavy atom. The summed E-state index contributed by atoms with van der Waals surface area (Å²) in [5.74, 6) is -1.01. The molecule has 5 N–H and O–H groups in total. The highest BCUT2D eigenvalue weighted by Crippen LogP contribution is 1.96. The molecule has 8 heteroatoms. The van der Waals surface area contributed by atoms with Gasteiger partial charge in [-0.2, -0.15) is 25.3 Å². The van der Waals surface area contributed by atoms with Crippen LogP contribution in [-0.2, 0) is 4.79 Å². The second-order valence-corrected chi connectivity index (χ2v) is 4.22. The average molecular weight is 276 g/mol. The van der Waals surface area contributed by atoms with Crippen molar-refractivity contribution in [2.45, 2.75) is 30.6 Å². The van der Waals surface area contributed by atoms with E-state index in [1.807, 2.05) is 0 Å². The lowest BCUT2D eigenvalue weighted by Gasteiger charge is -1.90. The van der Waals surface area contributed by atoms with E-state index in [-0.39, 0.29) is 13.2 Å². The van der Waals surface area contributed by atoms with E-state index in [1.165, 1.54) is 13.8 Å². The van der Waals surface area contributed by atoms with Gasteiger partial charge < -0.3 is 25.5 Å².